The number of aliphatic hydroxyl groups excluding tert-OH is 2. The second-order valence-corrected chi connectivity index (χ2v) is 3.24. The van der Waals surface area contributed by atoms with Crippen LogP contribution in [0, 0.1) is 0 Å². The fourth-order valence-corrected chi connectivity index (χ4v) is 0.658. The Morgan fingerprint density at radius 2 is 1.07 bits per heavy atom. The second-order valence-electron chi connectivity index (χ2n) is 3.24. The van der Waals surface area contributed by atoms with Gasteiger partial charge in [0.05, 0.1) is 13.2 Å². The summed E-state index contributed by atoms with van der Waals surface area (Å²) >= 11 is 0. The highest BCUT2D eigenvalue weighted by Gasteiger charge is 1.88. The average molecular weight is 206 g/mol. The summed E-state index contributed by atoms with van der Waals surface area (Å²) in [5, 5.41) is 16.7. The number of likely N-dealkylation sites (N-methyl/N-ethyl adjacent to an activating group) is 2. The Morgan fingerprint density at radius 3 is 1.14 bits per heavy atom. The minimum Gasteiger partial charge on any atom is -0.395 e. The zero-order valence-corrected chi connectivity index (χ0v) is 10.0. The van der Waals surface area contributed by atoms with E-state index in [1.54, 1.807) is 0 Å². The van der Waals surface area contributed by atoms with Gasteiger partial charge in [-0.05, 0) is 27.2 Å². The highest BCUT2D eigenvalue weighted by molar-refractivity contribution is 4.42. The van der Waals surface area contributed by atoms with Crippen LogP contribution in [0.5, 0.6) is 0 Å². The van der Waals surface area contributed by atoms with Gasteiger partial charge in [-0.1, -0.05) is 13.8 Å². The zero-order chi connectivity index (χ0) is 11.4. The molecular formula is C10H26N2O2. The Bertz CT molecular complexity index is 90.1. The normalized spacial score (nSPS) is 10.3. The summed E-state index contributed by atoms with van der Waals surface area (Å²) in [5.41, 5.74) is 0. The van der Waals surface area contributed by atoms with Gasteiger partial charge >= 0.3 is 0 Å². The Kier molecular flexibility index (Phi) is 14.9. The maximum absolute atomic E-state index is 8.33. The fourth-order valence-electron chi connectivity index (χ4n) is 0.658. The molecule has 0 radical (unpaired) electrons. The molecule has 88 valence electrons. The molecule has 14 heavy (non-hydrogen) atoms. The summed E-state index contributed by atoms with van der Waals surface area (Å²) in [5.74, 6) is 0. The SMILES string of the molecule is CCN(C)CCO.CCN(C)CCO. The lowest BCUT2D eigenvalue weighted by atomic mass is 10.6. The summed E-state index contributed by atoms with van der Waals surface area (Å²) in [6.07, 6.45) is 0. The zero-order valence-electron chi connectivity index (χ0n) is 10.0. The van der Waals surface area contributed by atoms with Crippen molar-refractivity contribution in [3.63, 3.8) is 0 Å². The van der Waals surface area contributed by atoms with Crippen LogP contribution in [0.4, 0.5) is 0 Å². The first-order valence-electron chi connectivity index (χ1n) is 5.21. The van der Waals surface area contributed by atoms with E-state index in [0.717, 1.165) is 26.2 Å². The molecule has 0 aromatic rings. The number of hydrogen-bond donors (Lipinski definition) is 2. The van der Waals surface area contributed by atoms with Gasteiger partial charge in [-0.25, -0.2) is 0 Å². The lowest BCUT2D eigenvalue weighted by molar-refractivity contribution is 0.227. The Morgan fingerprint density at radius 1 is 0.786 bits per heavy atom. The maximum atomic E-state index is 8.33. The molecule has 0 heterocycles. The molecule has 0 aliphatic heterocycles. The molecule has 2 N–H and O–H groups in total. The van der Waals surface area contributed by atoms with E-state index in [1.807, 2.05) is 14.1 Å². The van der Waals surface area contributed by atoms with Gasteiger partial charge in [-0.3, -0.25) is 0 Å². The van der Waals surface area contributed by atoms with E-state index in [4.69, 9.17) is 10.2 Å². The Labute approximate surface area is 88.1 Å². The van der Waals surface area contributed by atoms with Crippen LogP contribution in [0.2, 0.25) is 0 Å². The molecule has 0 unspecified atom stereocenters. The van der Waals surface area contributed by atoms with Gasteiger partial charge in [-0.15, -0.1) is 0 Å². The van der Waals surface area contributed by atoms with Gasteiger partial charge in [-0.2, -0.15) is 0 Å². The molecule has 0 atom stereocenters. The third-order valence-electron chi connectivity index (χ3n) is 2.04. The molecule has 0 aromatic carbocycles. The van der Waals surface area contributed by atoms with Crippen molar-refractivity contribution in [1.82, 2.24) is 9.80 Å². The molecule has 0 bridgehead atoms. The highest BCUT2D eigenvalue weighted by Crippen LogP contribution is 1.75. The molecular weight excluding hydrogens is 180 g/mol. The summed E-state index contributed by atoms with van der Waals surface area (Å²) in [4.78, 5) is 4.11. The standard InChI is InChI=1S/2C5H13NO/c2*1-3-6(2)4-5-7/h2*7H,3-5H2,1-2H3. The van der Waals surface area contributed by atoms with Gasteiger partial charge in [0.2, 0.25) is 0 Å². The van der Waals surface area contributed by atoms with Crippen molar-refractivity contribution in [3.8, 4) is 0 Å². The van der Waals surface area contributed by atoms with Crippen LogP contribution in [-0.4, -0.2) is 73.5 Å². The van der Waals surface area contributed by atoms with Crippen molar-refractivity contribution in [3.05, 3.63) is 0 Å². The third kappa shape index (κ3) is 14.4. The first kappa shape index (κ1) is 16.3. The predicted molar refractivity (Wildman–Crippen MR) is 60.5 cm³/mol. The highest BCUT2D eigenvalue weighted by atomic mass is 16.3. The molecule has 0 amide bonds. The molecule has 4 nitrogen and oxygen atoms in total. The quantitative estimate of drug-likeness (QED) is 0.635. The van der Waals surface area contributed by atoms with E-state index in [-0.39, 0.29) is 13.2 Å². The minimum absolute atomic E-state index is 0.268. The van der Waals surface area contributed by atoms with Crippen LogP contribution >= 0.6 is 0 Å². The number of nitrogens with zero attached hydrogens (tertiary/aromatic N) is 2. The van der Waals surface area contributed by atoms with E-state index in [0.29, 0.717) is 0 Å². The third-order valence-corrected chi connectivity index (χ3v) is 2.04. The lowest BCUT2D eigenvalue weighted by Gasteiger charge is -2.09. The summed E-state index contributed by atoms with van der Waals surface area (Å²) < 4.78 is 0. The molecule has 0 aliphatic rings. The average Bonchev–Trinajstić information content (AvgIpc) is 2.19. The Hall–Kier alpha value is -0.160. The van der Waals surface area contributed by atoms with Crippen LogP contribution in [0.3, 0.4) is 0 Å². The number of hydrogen-bond acceptors (Lipinski definition) is 4. The molecule has 4 heteroatoms. The number of aliphatic hydroxyl groups is 2. The monoisotopic (exact) mass is 206 g/mol. The van der Waals surface area contributed by atoms with Crippen molar-refractivity contribution in [2.45, 2.75) is 13.8 Å². The first-order chi connectivity index (χ1) is 6.62. The van der Waals surface area contributed by atoms with Crippen LogP contribution in [0.1, 0.15) is 13.8 Å². The summed E-state index contributed by atoms with van der Waals surface area (Å²) in [6.45, 7) is 8.27. The number of rotatable bonds is 6. The Balaban J connectivity index is 0. The fraction of sp³-hybridized carbons (Fsp3) is 1.00. The first-order valence-corrected chi connectivity index (χ1v) is 5.21. The maximum Gasteiger partial charge on any atom is 0.0558 e. The van der Waals surface area contributed by atoms with Crippen LogP contribution in [-0.2, 0) is 0 Å². The molecule has 0 spiro atoms. The molecule has 0 fully saturated rings. The van der Waals surface area contributed by atoms with E-state index < -0.39 is 0 Å². The molecule has 0 saturated carbocycles. The van der Waals surface area contributed by atoms with Crippen molar-refractivity contribution in [2.75, 3.05) is 53.5 Å². The van der Waals surface area contributed by atoms with Gasteiger partial charge in [0.1, 0.15) is 0 Å². The van der Waals surface area contributed by atoms with Crippen molar-refractivity contribution in [2.24, 2.45) is 0 Å². The van der Waals surface area contributed by atoms with Crippen molar-refractivity contribution in [1.29, 1.82) is 0 Å². The van der Waals surface area contributed by atoms with Crippen LogP contribution in [0.15, 0.2) is 0 Å². The molecule has 0 aromatic heterocycles. The van der Waals surface area contributed by atoms with Gasteiger partial charge < -0.3 is 20.0 Å². The van der Waals surface area contributed by atoms with E-state index >= 15 is 0 Å². The summed E-state index contributed by atoms with van der Waals surface area (Å²) in [6, 6.07) is 0. The van der Waals surface area contributed by atoms with Crippen molar-refractivity contribution >= 4 is 0 Å². The second kappa shape index (κ2) is 12.8. The smallest absolute Gasteiger partial charge is 0.0558 e. The van der Waals surface area contributed by atoms with E-state index in [2.05, 4.69) is 23.6 Å². The molecule has 0 saturated heterocycles. The van der Waals surface area contributed by atoms with Crippen LogP contribution < -0.4 is 0 Å². The summed E-state index contributed by atoms with van der Waals surface area (Å²) in [7, 11) is 3.96. The lowest BCUT2D eigenvalue weighted by Crippen LogP contribution is -2.20. The molecule has 0 aliphatic carbocycles. The van der Waals surface area contributed by atoms with E-state index in [9.17, 15) is 0 Å². The topological polar surface area (TPSA) is 46.9 Å². The van der Waals surface area contributed by atoms with Crippen molar-refractivity contribution < 1.29 is 10.2 Å². The van der Waals surface area contributed by atoms with E-state index in [1.165, 1.54) is 0 Å². The van der Waals surface area contributed by atoms with Gasteiger partial charge in [0, 0.05) is 13.1 Å². The van der Waals surface area contributed by atoms with Gasteiger partial charge in [0.15, 0.2) is 0 Å². The minimum atomic E-state index is 0.268. The molecule has 0 rings (SSSR count). The van der Waals surface area contributed by atoms with Gasteiger partial charge in [0.25, 0.3) is 0 Å². The van der Waals surface area contributed by atoms with Crippen LogP contribution in [0.25, 0.3) is 0 Å². The predicted octanol–water partition coefficient (Wildman–Crippen LogP) is -0.139. The largest absolute Gasteiger partial charge is 0.395 e.